The van der Waals surface area contributed by atoms with Crippen molar-refractivity contribution in [1.29, 1.82) is 0 Å². The summed E-state index contributed by atoms with van der Waals surface area (Å²) in [6.45, 7) is 4.08. The highest BCUT2D eigenvalue weighted by Crippen LogP contribution is 2.04. The molecule has 0 bridgehead atoms. The zero-order chi connectivity index (χ0) is 14.0. The van der Waals surface area contributed by atoms with E-state index in [1.807, 2.05) is 13.8 Å². The quantitative estimate of drug-likeness (QED) is 0.612. The predicted molar refractivity (Wildman–Crippen MR) is 71.0 cm³/mol. The van der Waals surface area contributed by atoms with Crippen molar-refractivity contribution in [2.24, 2.45) is 5.73 Å². The third-order valence-electron chi connectivity index (χ3n) is 2.85. The molecule has 106 valence electrons. The van der Waals surface area contributed by atoms with Crippen LogP contribution >= 0.6 is 0 Å². The van der Waals surface area contributed by atoms with Gasteiger partial charge in [0.1, 0.15) is 6.04 Å². The Hall–Kier alpha value is -1.10. The fourth-order valence-electron chi connectivity index (χ4n) is 1.63. The number of hydrogen-bond acceptors (Lipinski definition) is 4. The molecule has 5 heteroatoms. The highest BCUT2D eigenvalue weighted by molar-refractivity contribution is 5.87. The van der Waals surface area contributed by atoms with E-state index in [1.165, 1.54) is 7.11 Å². The van der Waals surface area contributed by atoms with Crippen molar-refractivity contribution >= 4 is 11.9 Å². The number of unbranched alkanes of at least 4 members (excludes halogenated alkanes) is 2. The molecule has 0 aromatic heterocycles. The molecule has 3 N–H and O–H groups in total. The molecule has 0 aromatic rings. The summed E-state index contributed by atoms with van der Waals surface area (Å²) in [6, 6.07) is -1.12. The van der Waals surface area contributed by atoms with Crippen LogP contribution in [0.4, 0.5) is 0 Å². The Bertz CT molecular complexity index is 257. The van der Waals surface area contributed by atoms with E-state index in [0.29, 0.717) is 12.8 Å². The van der Waals surface area contributed by atoms with Crippen LogP contribution < -0.4 is 11.1 Å². The van der Waals surface area contributed by atoms with Gasteiger partial charge in [0.25, 0.3) is 0 Å². The fraction of sp³-hybridized carbons (Fsp3) is 0.846. The zero-order valence-corrected chi connectivity index (χ0v) is 11.7. The summed E-state index contributed by atoms with van der Waals surface area (Å²) in [4.78, 5) is 23.3. The van der Waals surface area contributed by atoms with Crippen LogP contribution in [0.5, 0.6) is 0 Å². The van der Waals surface area contributed by atoms with Gasteiger partial charge in [0.05, 0.1) is 13.2 Å². The van der Waals surface area contributed by atoms with Crippen molar-refractivity contribution < 1.29 is 14.3 Å². The van der Waals surface area contributed by atoms with Crippen molar-refractivity contribution in [2.45, 2.75) is 64.5 Å². The van der Waals surface area contributed by atoms with Gasteiger partial charge in [-0.05, 0) is 12.8 Å². The molecule has 0 rings (SSSR count). The third kappa shape index (κ3) is 6.59. The molecular weight excluding hydrogens is 232 g/mol. The lowest BCUT2D eigenvalue weighted by Crippen LogP contribution is -2.48. The molecule has 2 atom stereocenters. The van der Waals surface area contributed by atoms with Crippen LogP contribution in [0.1, 0.15) is 52.4 Å². The molecule has 0 aliphatic rings. The van der Waals surface area contributed by atoms with Gasteiger partial charge in [-0.1, -0.05) is 39.5 Å². The monoisotopic (exact) mass is 258 g/mol. The lowest BCUT2D eigenvalue weighted by atomic mass is 10.1. The second-order valence-corrected chi connectivity index (χ2v) is 4.48. The standard InChI is InChI=1S/C13H26N2O3/c1-4-6-8-10(14)12(16)15-11(9-7-5-2)13(17)18-3/h10-11H,4-9,14H2,1-3H3,(H,15,16)/t10-,11-/m0/s1. The Morgan fingerprint density at radius 3 is 2.22 bits per heavy atom. The van der Waals surface area contributed by atoms with E-state index in [1.54, 1.807) is 0 Å². The summed E-state index contributed by atoms with van der Waals surface area (Å²) < 4.78 is 4.68. The molecule has 5 nitrogen and oxygen atoms in total. The fourth-order valence-corrected chi connectivity index (χ4v) is 1.63. The van der Waals surface area contributed by atoms with Gasteiger partial charge < -0.3 is 15.8 Å². The molecule has 0 unspecified atom stereocenters. The Balaban J connectivity index is 4.28. The van der Waals surface area contributed by atoms with Gasteiger partial charge in [0.2, 0.25) is 5.91 Å². The summed E-state index contributed by atoms with van der Waals surface area (Å²) in [6.07, 6.45) is 4.97. The summed E-state index contributed by atoms with van der Waals surface area (Å²) in [5, 5.41) is 2.67. The van der Waals surface area contributed by atoms with Crippen molar-refractivity contribution in [1.82, 2.24) is 5.32 Å². The number of hydrogen-bond donors (Lipinski definition) is 2. The first-order chi connectivity index (χ1) is 8.56. The Morgan fingerprint density at radius 1 is 1.17 bits per heavy atom. The lowest BCUT2D eigenvalue weighted by Gasteiger charge is -2.18. The third-order valence-corrected chi connectivity index (χ3v) is 2.85. The molecule has 18 heavy (non-hydrogen) atoms. The van der Waals surface area contributed by atoms with Crippen LogP contribution in [0, 0.1) is 0 Å². The van der Waals surface area contributed by atoms with E-state index in [2.05, 4.69) is 10.1 Å². The summed E-state index contributed by atoms with van der Waals surface area (Å²) in [5.41, 5.74) is 5.76. The van der Waals surface area contributed by atoms with E-state index in [0.717, 1.165) is 25.7 Å². The van der Waals surface area contributed by atoms with Gasteiger partial charge in [-0.15, -0.1) is 0 Å². The minimum Gasteiger partial charge on any atom is -0.467 e. The number of carbonyl (C=O) groups excluding carboxylic acids is 2. The van der Waals surface area contributed by atoms with Crippen molar-refractivity contribution in [3.05, 3.63) is 0 Å². The first kappa shape index (κ1) is 16.9. The van der Waals surface area contributed by atoms with Crippen LogP contribution in [0.25, 0.3) is 0 Å². The van der Waals surface area contributed by atoms with Gasteiger partial charge in [-0.3, -0.25) is 4.79 Å². The summed E-state index contributed by atoms with van der Waals surface area (Å²) in [7, 11) is 1.32. The number of ether oxygens (including phenoxy) is 1. The molecule has 0 saturated heterocycles. The smallest absolute Gasteiger partial charge is 0.328 e. The zero-order valence-electron chi connectivity index (χ0n) is 11.7. The van der Waals surface area contributed by atoms with E-state index in [4.69, 9.17) is 5.73 Å². The van der Waals surface area contributed by atoms with Crippen LogP contribution in [0.15, 0.2) is 0 Å². The Morgan fingerprint density at radius 2 is 1.72 bits per heavy atom. The summed E-state index contributed by atoms with van der Waals surface area (Å²) in [5.74, 6) is -0.672. The number of nitrogens with two attached hydrogens (primary N) is 1. The number of methoxy groups -OCH3 is 1. The van der Waals surface area contributed by atoms with Crippen LogP contribution in [0.2, 0.25) is 0 Å². The van der Waals surface area contributed by atoms with Crippen molar-refractivity contribution in [2.75, 3.05) is 7.11 Å². The number of nitrogens with one attached hydrogen (secondary N) is 1. The highest BCUT2D eigenvalue weighted by Gasteiger charge is 2.23. The van der Waals surface area contributed by atoms with Crippen LogP contribution in [-0.2, 0) is 14.3 Å². The van der Waals surface area contributed by atoms with Gasteiger partial charge >= 0.3 is 5.97 Å². The second-order valence-electron chi connectivity index (χ2n) is 4.48. The van der Waals surface area contributed by atoms with Crippen molar-refractivity contribution in [3.63, 3.8) is 0 Å². The minimum absolute atomic E-state index is 0.269. The number of esters is 1. The maximum Gasteiger partial charge on any atom is 0.328 e. The average Bonchev–Trinajstić information content (AvgIpc) is 2.39. The van der Waals surface area contributed by atoms with Crippen molar-refractivity contribution in [3.8, 4) is 0 Å². The number of amides is 1. The molecule has 0 aliphatic carbocycles. The lowest BCUT2D eigenvalue weighted by molar-refractivity contribution is -0.145. The van der Waals surface area contributed by atoms with Gasteiger partial charge in [0, 0.05) is 0 Å². The van der Waals surface area contributed by atoms with Gasteiger partial charge in [-0.2, -0.15) is 0 Å². The van der Waals surface area contributed by atoms with Gasteiger partial charge in [0.15, 0.2) is 0 Å². The molecule has 1 amide bonds. The molecule has 0 heterocycles. The minimum atomic E-state index is -0.574. The first-order valence-electron chi connectivity index (χ1n) is 6.70. The topological polar surface area (TPSA) is 81.4 Å². The Kier molecular flexibility index (Phi) is 9.28. The van der Waals surface area contributed by atoms with E-state index in [-0.39, 0.29) is 5.91 Å². The van der Waals surface area contributed by atoms with Crippen LogP contribution in [-0.4, -0.2) is 31.1 Å². The first-order valence-corrected chi connectivity index (χ1v) is 6.70. The van der Waals surface area contributed by atoms with E-state index < -0.39 is 18.1 Å². The second kappa shape index (κ2) is 9.88. The van der Waals surface area contributed by atoms with E-state index in [9.17, 15) is 9.59 Å². The largest absolute Gasteiger partial charge is 0.467 e. The molecule has 0 aliphatic heterocycles. The van der Waals surface area contributed by atoms with E-state index >= 15 is 0 Å². The highest BCUT2D eigenvalue weighted by atomic mass is 16.5. The Labute approximate surface area is 109 Å². The molecule has 0 radical (unpaired) electrons. The average molecular weight is 258 g/mol. The normalized spacial score (nSPS) is 13.8. The van der Waals surface area contributed by atoms with Gasteiger partial charge in [-0.25, -0.2) is 4.79 Å². The maximum atomic E-state index is 11.8. The SMILES string of the molecule is CCCC[C@H](NC(=O)[C@@H](N)CCCC)C(=O)OC. The molecular formula is C13H26N2O3. The predicted octanol–water partition coefficient (Wildman–Crippen LogP) is 1.35. The summed E-state index contributed by atoms with van der Waals surface area (Å²) >= 11 is 0. The molecule has 0 aromatic carbocycles. The molecule has 0 saturated carbocycles. The van der Waals surface area contributed by atoms with Crippen LogP contribution in [0.3, 0.4) is 0 Å². The number of rotatable bonds is 9. The number of carbonyl (C=O) groups is 2. The maximum absolute atomic E-state index is 11.8. The molecule has 0 spiro atoms. The molecule has 0 fully saturated rings.